The zero-order valence-electron chi connectivity index (χ0n) is 30.4. The van der Waals surface area contributed by atoms with Crippen molar-refractivity contribution in [1.29, 1.82) is 0 Å². The van der Waals surface area contributed by atoms with Gasteiger partial charge in [0, 0.05) is 38.5 Å². The van der Waals surface area contributed by atoms with Gasteiger partial charge in [0.2, 0.25) is 5.95 Å². The quantitative estimate of drug-likeness (QED) is 0.117. The van der Waals surface area contributed by atoms with Gasteiger partial charge in [-0.2, -0.15) is 39.5 Å². The van der Waals surface area contributed by atoms with Crippen molar-refractivity contribution in [1.82, 2.24) is 9.97 Å². The third-order valence-electron chi connectivity index (χ3n) is 9.23. The molecule has 55 heavy (non-hydrogen) atoms. The molecule has 0 radical (unpaired) electrons. The van der Waals surface area contributed by atoms with Crippen molar-refractivity contribution >= 4 is 27.4 Å². The number of nitrogens with zero attached hydrogens (tertiary/aromatic N) is 4. The Bertz CT molecular complexity index is 1850. The molecule has 1 heterocycles. The first kappa shape index (κ1) is 43.4. The van der Waals surface area contributed by atoms with Gasteiger partial charge in [-0.25, -0.2) is 18.4 Å². The molecule has 1 fully saturated rings. The third kappa shape index (κ3) is 12.4. The number of esters is 1. The lowest BCUT2D eigenvalue weighted by atomic mass is 9.86. The lowest BCUT2D eigenvalue weighted by Crippen LogP contribution is -2.35. The molecule has 4 rings (SSSR count). The normalized spacial score (nSPS) is 17.4. The van der Waals surface area contributed by atoms with E-state index >= 15 is 0 Å². The van der Waals surface area contributed by atoms with Gasteiger partial charge in [-0.3, -0.25) is 4.79 Å². The average Bonchev–Trinajstić information content (AvgIpc) is 3.08. The fourth-order valence-corrected chi connectivity index (χ4v) is 6.77. The summed E-state index contributed by atoms with van der Waals surface area (Å²) in [6, 6.07) is 2.72. The van der Waals surface area contributed by atoms with E-state index in [0.29, 0.717) is 56.6 Å². The Morgan fingerprint density at radius 3 is 1.93 bits per heavy atom. The van der Waals surface area contributed by atoms with Gasteiger partial charge in [0.25, 0.3) is 0 Å². The van der Waals surface area contributed by atoms with E-state index in [2.05, 4.69) is 9.97 Å². The number of carbonyl (C=O) groups excluding carboxylic acids is 1. The summed E-state index contributed by atoms with van der Waals surface area (Å²) >= 11 is 0. The number of anilines is 2. The van der Waals surface area contributed by atoms with Crippen molar-refractivity contribution in [2.24, 2.45) is 5.92 Å². The molecule has 19 heteroatoms. The Morgan fingerprint density at radius 2 is 1.44 bits per heavy atom. The van der Waals surface area contributed by atoms with Crippen LogP contribution in [0.3, 0.4) is 0 Å². The second-order valence-corrected chi connectivity index (χ2v) is 15.7. The molecule has 0 spiro atoms. The van der Waals surface area contributed by atoms with Crippen LogP contribution < -0.4 is 14.5 Å². The number of sulfone groups is 1. The zero-order chi connectivity index (χ0) is 40.9. The van der Waals surface area contributed by atoms with Crippen LogP contribution in [0.5, 0.6) is 5.75 Å². The smallest absolute Gasteiger partial charge is 0.416 e. The molecule has 1 aromatic heterocycles. The monoisotopic (exact) mass is 812 g/mol. The summed E-state index contributed by atoms with van der Waals surface area (Å²) in [5.41, 5.74) is -4.29. The van der Waals surface area contributed by atoms with Crippen LogP contribution in [0.4, 0.5) is 51.1 Å². The Morgan fingerprint density at radius 1 is 0.873 bits per heavy atom. The van der Waals surface area contributed by atoms with Gasteiger partial charge >= 0.3 is 24.5 Å². The van der Waals surface area contributed by atoms with Gasteiger partial charge in [-0.05, 0) is 93.0 Å². The number of hydrogen-bond donors (Lipinski definition) is 0. The number of ether oxygens (including phenoxy) is 2. The van der Waals surface area contributed by atoms with Gasteiger partial charge < -0.3 is 19.3 Å². The lowest BCUT2D eigenvalue weighted by molar-refractivity contribution is -0.148. The molecule has 1 saturated carbocycles. The molecule has 0 unspecified atom stereocenters. The molecule has 0 N–H and O–H groups in total. The summed E-state index contributed by atoms with van der Waals surface area (Å²) in [5.74, 6) is -0.969. The summed E-state index contributed by atoms with van der Waals surface area (Å²) < 4.78 is 160. The van der Waals surface area contributed by atoms with Gasteiger partial charge in [0.1, 0.15) is 12.7 Å². The Labute approximate surface area is 312 Å². The highest BCUT2D eigenvalue weighted by molar-refractivity contribution is 7.90. The highest BCUT2D eigenvalue weighted by Crippen LogP contribution is 2.41. The fourth-order valence-electron chi connectivity index (χ4n) is 6.38. The van der Waals surface area contributed by atoms with Crippen molar-refractivity contribution in [3.05, 3.63) is 76.6 Å². The zero-order valence-corrected chi connectivity index (χ0v) is 31.2. The predicted octanol–water partition coefficient (Wildman–Crippen LogP) is 8.67. The summed E-state index contributed by atoms with van der Waals surface area (Å²) in [6.07, 6.45) is -9.68. The van der Waals surface area contributed by atoms with Crippen LogP contribution in [-0.2, 0) is 44.4 Å². The first-order valence-corrected chi connectivity index (χ1v) is 19.3. The maximum Gasteiger partial charge on any atom is 0.416 e. The van der Waals surface area contributed by atoms with Crippen molar-refractivity contribution < 1.29 is 62.2 Å². The van der Waals surface area contributed by atoms with Crippen LogP contribution in [0.15, 0.2) is 48.8 Å². The van der Waals surface area contributed by atoms with E-state index in [4.69, 9.17) is 9.47 Å². The molecule has 1 aliphatic rings. The average molecular weight is 813 g/mol. The fraction of sp³-hybridized carbons (Fsp3) is 0.528. The number of halogens is 9. The van der Waals surface area contributed by atoms with Gasteiger partial charge in [0.05, 0.1) is 40.9 Å². The van der Waals surface area contributed by atoms with Crippen LogP contribution in [0.1, 0.15) is 80.3 Å². The molecule has 1 aliphatic carbocycles. The molecule has 304 valence electrons. The third-order valence-corrected chi connectivity index (χ3v) is 10.1. The molecule has 1 atom stereocenters. The summed E-state index contributed by atoms with van der Waals surface area (Å²) in [4.78, 5) is 22.8. The predicted molar refractivity (Wildman–Crippen MR) is 185 cm³/mol. The molecule has 9 nitrogen and oxygen atoms in total. The Balaban J connectivity index is 1.80. The molecule has 0 aliphatic heterocycles. The van der Waals surface area contributed by atoms with Crippen LogP contribution in [0, 0.1) is 5.92 Å². The maximum absolute atomic E-state index is 14.1. The van der Waals surface area contributed by atoms with Gasteiger partial charge in [0.15, 0.2) is 15.6 Å². The molecule has 0 bridgehead atoms. The minimum atomic E-state index is -5.17. The largest absolute Gasteiger partial charge is 0.489 e. The van der Waals surface area contributed by atoms with E-state index in [1.807, 2.05) is 4.90 Å². The van der Waals surface area contributed by atoms with E-state index in [1.54, 1.807) is 6.92 Å². The van der Waals surface area contributed by atoms with Crippen LogP contribution in [-0.4, -0.2) is 62.2 Å². The van der Waals surface area contributed by atoms with E-state index < -0.39 is 69.2 Å². The van der Waals surface area contributed by atoms with E-state index in [-0.39, 0.29) is 47.7 Å². The molecule has 0 saturated heterocycles. The first-order chi connectivity index (χ1) is 25.4. The lowest BCUT2D eigenvalue weighted by Gasteiger charge is -2.36. The van der Waals surface area contributed by atoms with Crippen molar-refractivity contribution in [3.63, 3.8) is 0 Å². The molecule has 3 aromatic rings. The molecular weight excluding hydrogens is 771 g/mol. The second-order valence-electron chi connectivity index (χ2n) is 13.5. The maximum atomic E-state index is 14.1. The van der Waals surface area contributed by atoms with Crippen LogP contribution in [0.2, 0.25) is 0 Å². The molecule has 2 aromatic carbocycles. The van der Waals surface area contributed by atoms with E-state index in [9.17, 15) is 52.7 Å². The summed E-state index contributed by atoms with van der Waals surface area (Å²) in [5, 5.41) is 0. The highest BCUT2D eigenvalue weighted by Gasteiger charge is 2.38. The van der Waals surface area contributed by atoms with Crippen molar-refractivity contribution in [2.45, 2.75) is 83.7 Å². The molecular formula is C36H41F9N4O5S. The summed E-state index contributed by atoms with van der Waals surface area (Å²) in [7, 11) is -3.40. The number of benzene rings is 2. The minimum Gasteiger partial charge on any atom is -0.489 e. The van der Waals surface area contributed by atoms with Gasteiger partial charge in [-0.15, -0.1) is 0 Å². The first-order valence-electron chi connectivity index (χ1n) is 17.3. The minimum absolute atomic E-state index is 0.0150. The molecule has 0 amide bonds. The summed E-state index contributed by atoms with van der Waals surface area (Å²) in [6.45, 7) is 4.34. The number of carbonyl (C=O) groups is 1. The number of aromatic nitrogens is 2. The number of rotatable bonds is 14. The van der Waals surface area contributed by atoms with Crippen LogP contribution >= 0.6 is 0 Å². The van der Waals surface area contributed by atoms with E-state index in [1.165, 1.54) is 24.8 Å². The van der Waals surface area contributed by atoms with Crippen molar-refractivity contribution in [3.8, 4) is 5.75 Å². The van der Waals surface area contributed by atoms with Crippen molar-refractivity contribution in [2.75, 3.05) is 41.5 Å². The second kappa shape index (κ2) is 17.2. The van der Waals surface area contributed by atoms with Crippen LogP contribution in [0.25, 0.3) is 0 Å². The Kier molecular flexibility index (Phi) is 13.6. The van der Waals surface area contributed by atoms with Gasteiger partial charge in [-0.1, -0.05) is 0 Å². The SMILES string of the molecule is CCN(CC1CCC(OC(C)=O)CC1)c1ccc(C(F)(F)F)cc1CN(c1ncc(OCCS(C)(=O)=O)cn1)[C@@H](C)c1cc(C(F)(F)F)cc(C(F)(F)F)c1. The standard InChI is InChI=1S/C36H41F9N4O5S/c1-5-48(20-24-6-9-30(10-7-24)54-23(3)50)32-11-8-27(34(37,38)39)16-26(32)21-49(33-46-18-31(19-47-33)53-12-13-55(4,51)52)22(2)25-14-28(35(40,41)42)17-29(15-25)36(43,44)45/h8,11,14-19,22,24,30H,5-7,9-10,12-13,20-21H2,1-4H3/t22-,24?,30?/m0/s1. The number of alkyl halides is 9. The van der Waals surface area contributed by atoms with E-state index in [0.717, 1.165) is 30.8 Å². The Hall–Kier alpha value is -4.29. The topological polar surface area (TPSA) is 102 Å². The number of hydrogen-bond acceptors (Lipinski definition) is 9. The highest BCUT2D eigenvalue weighted by atomic mass is 32.2.